The molecule has 110 valence electrons. The minimum absolute atomic E-state index is 0.150. The largest absolute Gasteiger partial charge is 0.466 e. The van der Waals surface area contributed by atoms with Crippen LogP contribution in [0.15, 0.2) is 11.8 Å². The van der Waals surface area contributed by atoms with Gasteiger partial charge in [0, 0.05) is 19.5 Å². The number of esters is 1. The van der Waals surface area contributed by atoms with Crippen molar-refractivity contribution in [2.75, 3.05) is 19.7 Å². The summed E-state index contributed by atoms with van der Waals surface area (Å²) in [4.78, 5) is 11.2. The maximum absolute atomic E-state index is 11.2. The summed E-state index contributed by atoms with van der Waals surface area (Å²) >= 11 is 0. The SMILES string of the molecule is CCOC(=O)CCCn1cc(C=C2CCCNC2)nn1. The second-order valence-corrected chi connectivity index (χ2v) is 4.90. The number of aromatic nitrogens is 3. The van der Waals surface area contributed by atoms with Crippen molar-refractivity contribution in [1.29, 1.82) is 0 Å². The lowest BCUT2D eigenvalue weighted by molar-refractivity contribution is -0.143. The van der Waals surface area contributed by atoms with Gasteiger partial charge in [-0.15, -0.1) is 5.10 Å². The van der Waals surface area contributed by atoms with E-state index < -0.39 is 0 Å². The van der Waals surface area contributed by atoms with Crippen molar-refractivity contribution < 1.29 is 9.53 Å². The van der Waals surface area contributed by atoms with E-state index in [2.05, 4.69) is 21.7 Å². The molecule has 2 rings (SSSR count). The summed E-state index contributed by atoms with van der Waals surface area (Å²) in [5, 5.41) is 11.6. The average molecular weight is 278 g/mol. The van der Waals surface area contributed by atoms with Gasteiger partial charge < -0.3 is 10.1 Å². The number of nitrogens with zero attached hydrogens (tertiary/aromatic N) is 3. The highest BCUT2D eigenvalue weighted by Gasteiger charge is 2.06. The van der Waals surface area contributed by atoms with Gasteiger partial charge in [0.05, 0.1) is 12.8 Å². The Balaban J connectivity index is 1.78. The van der Waals surface area contributed by atoms with Gasteiger partial charge in [0.2, 0.25) is 0 Å². The van der Waals surface area contributed by atoms with Gasteiger partial charge in [-0.1, -0.05) is 10.8 Å². The van der Waals surface area contributed by atoms with Crippen LogP contribution in [-0.2, 0) is 16.1 Å². The van der Waals surface area contributed by atoms with E-state index in [4.69, 9.17) is 4.74 Å². The smallest absolute Gasteiger partial charge is 0.305 e. The number of nitrogens with one attached hydrogen (secondary N) is 1. The van der Waals surface area contributed by atoms with Gasteiger partial charge in [-0.05, 0) is 38.8 Å². The molecular formula is C14H22N4O2. The van der Waals surface area contributed by atoms with Gasteiger partial charge in [-0.2, -0.15) is 0 Å². The van der Waals surface area contributed by atoms with E-state index in [-0.39, 0.29) is 5.97 Å². The van der Waals surface area contributed by atoms with E-state index in [0.29, 0.717) is 19.6 Å². The molecule has 0 atom stereocenters. The number of rotatable bonds is 6. The molecule has 6 heteroatoms. The van der Waals surface area contributed by atoms with Crippen LogP contribution in [0, 0.1) is 0 Å². The molecule has 0 unspecified atom stereocenters. The standard InChI is InChI=1S/C14H22N4O2/c1-2-20-14(19)6-4-8-18-11-13(16-17-18)9-12-5-3-7-15-10-12/h9,11,15H,2-8,10H2,1H3. The Morgan fingerprint density at radius 2 is 2.50 bits per heavy atom. The van der Waals surface area contributed by atoms with Gasteiger partial charge in [-0.25, -0.2) is 0 Å². The first kappa shape index (κ1) is 14.7. The second-order valence-electron chi connectivity index (χ2n) is 4.90. The van der Waals surface area contributed by atoms with Crippen molar-refractivity contribution in [1.82, 2.24) is 20.3 Å². The molecule has 20 heavy (non-hydrogen) atoms. The highest BCUT2D eigenvalue weighted by atomic mass is 16.5. The van der Waals surface area contributed by atoms with Crippen LogP contribution in [0.1, 0.15) is 38.3 Å². The molecule has 0 aliphatic carbocycles. The van der Waals surface area contributed by atoms with Gasteiger partial charge in [0.25, 0.3) is 0 Å². The van der Waals surface area contributed by atoms with Crippen molar-refractivity contribution >= 4 is 12.0 Å². The topological polar surface area (TPSA) is 69.0 Å². The van der Waals surface area contributed by atoms with Gasteiger partial charge in [0.1, 0.15) is 5.69 Å². The molecule has 6 nitrogen and oxygen atoms in total. The molecular weight excluding hydrogens is 256 g/mol. The maximum atomic E-state index is 11.2. The quantitative estimate of drug-likeness (QED) is 0.796. The third-order valence-corrected chi connectivity index (χ3v) is 3.19. The first-order chi connectivity index (χ1) is 9.78. The molecule has 0 saturated carbocycles. The summed E-state index contributed by atoms with van der Waals surface area (Å²) in [6.07, 6.45) is 7.48. The molecule has 0 aromatic carbocycles. The highest BCUT2D eigenvalue weighted by Crippen LogP contribution is 2.12. The van der Waals surface area contributed by atoms with Crippen molar-refractivity contribution in [2.45, 2.75) is 39.2 Å². The van der Waals surface area contributed by atoms with Crippen LogP contribution in [0.3, 0.4) is 0 Å². The molecule has 1 N–H and O–H groups in total. The van der Waals surface area contributed by atoms with E-state index in [1.54, 1.807) is 4.68 Å². The van der Waals surface area contributed by atoms with Gasteiger partial charge >= 0.3 is 5.97 Å². The third-order valence-electron chi connectivity index (χ3n) is 3.19. The lowest BCUT2D eigenvalue weighted by atomic mass is 10.1. The minimum Gasteiger partial charge on any atom is -0.466 e. The van der Waals surface area contributed by atoms with Crippen LogP contribution >= 0.6 is 0 Å². The lowest BCUT2D eigenvalue weighted by Crippen LogP contribution is -2.23. The first-order valence-corrected chi connectivity index (χ1v) is 7.24. The molecule has 0 spiro atoms. The predicted molar refractivity (Wildman–Crippen MR) is 76.0 cm³/mol. The Labute approximate surface area is 119 Å². The summed E-state index contributed by atoms with van der Waals surface area (Å²) in [6.45, 7) is 4.98. The molecule has 1 fully saturated rings. The molecule has 1 aromatic heterocycles. The van der Waals surface area contributed by atoms with Crippen LogP contribution in [0.25, 0.3) is 6.08 Å². The summed E-state index contributed by atoms with van der Waals surface area (Å²) in [5.41, 5.74) is 2.26. The molecule has 1 aliphatic rings. The van der Waals surface area contributed by atoms with Crippen molar-refractivity contribution in [3.63, 3.8) is 0 Å². The highest BCUT2D eigenvalue weighted by molar-refractivity contribution is 5.69. The average Bonchev–Trinajstić information content (AvgIpc) is 2.88. The monoisotopic (exact) mass is 278 g/mol. The number of carbonyl (C=O) groups is 1. The van der Waals surface area contributed by atoms with E-state index in [0.717, 1.165) is 31.6 Å². The van der Waals surface area contributed by atoms with E-state index in [1.807, 2.05) is 13.1 Å². The number of hydrogen-bond acceptors (Lipinski definition) is 5. The zero-order valence-corrected chi connectivity index (χ0v) is 12.0. The number of carbonyl (C=O) groups excluding carboxylic acids is 1. The van der Waals surface area contributed by atoms with Gasteiger partial charge in [-0.3, -0.25) is 9.48 Å². The third kappa shape index (κ3) is 4.77. The van der Waals surface area contributed by atoms with Crippen molar-refractivity contribution in [3.05, 3.63) is 17.5 Å². The zero-order chi connectivity index (χ0) is 14.2. The van der Waals surface area contributed by atoms with Crippen molar-refractivity contribution in [2.24, 2.45) is 0 Å². The molecule has 2 heterocycles. The number of ether oxygens (including phenoxy) is 1. The maximum Gasteiger partial charge on any atom is 0.305 e. The number of piperidine rings is 1. The number of aryl methyl sites for hydroxylation is 1. The first-order valence-electron chi connectivity index (χ1n) is 7.24. The molecule has 0 radical (unpaired) electrons. The van der Waals surface area contributed by atoms with Crippen LogP contribution < -0.4 is 5.32 Å². The van der Waals surface area contributed by atoms with Gasteiger partial charge in [0.15, 0.2) is 0 Å². The molecule has 0 amide bonds. The van der Waals surface area contributed by atoms with E-state index in [9.17, 15) is 4.79 Å². The molecule has 0 bridgehead atoms. The summed E-state index contributed by atoms with van der Waals surface area (Å²) < 4.78 is 6.66. The second kappa shape index (κ2) is 7.79. The molecule has 1 aromatic rings. The van der Waals surface area contributed by atoms with Crippen LogP contribution in [-0.4, -0.2) is 40.7 Å². The van der Waals surface area contributed by atoms with E-state index in [1.165, 1.54) is 12.0 Å². The minimum atomic E-state index is -0.150. The van der Waals surface area contributed by atoms with Crippen LogP contribution in [0.2, 0.25) is 0 Å². The normalized spacial score (nSPS) is 17.4. The Morgan fingerprint density at radius 1 is 1.60 bits per heavy atom. The number of hydrogen-bond donors (Lipinski definition) is 1. The predicted octanol–water partition coefficient (Wildman–Crippen LogP) is 1.39. The zero-order valence-electron chi connectivity index (χ0n) is 12.0. The Morgan fingerprint density at radius 3 is 3.25 bits per heavy atom. The fraction of sp³-hybridized carbons (Fsp3) is 0.643. The molecule has 1 saturated heterocycles. The fourth-order valence-electron chi connectivity index (χ4n) is 2.22. The summed E-state index contributed by atoms with van der Waals surface area (Å²) in [7, 11) is 0. The summed E-state index contributed by atoms with van der Waals surface area (Å²) in [6, 6.07) is 0. The Hall–Kier alpha value is -1.69. The Bertz CT molecular complexity index is 459. The van der Waals surface area contributed by atoms with Crippen LogP contribution in [0.4, 0.5) is 0 Å². The fourth-order valence-corrected chi connectivity index (χ4v) is 2.22. The Kier molecular flexibility index (Phi) is 5.73. The lowest BCUT2D eigenvalue weighted by Gasteiger charge is -2.14. The summed E-state index contributed by atoms with van der Waals surface area (Å²) in [5.74, 6) is -0.150. The van der Waals surface area contributed by atoms with Crippen molar-refractivity contribution in [3.8, 4) is 0 Å². The van der Waals surface area contributed by atoms with E-state index >= 15 is 0 Å². The van der Waals surface area contributed by atoms with Crippen LogP contribution in [0.5, 0.6) is 0 Å². The molecule has 1 aliphatic heterocycles.